The molecular weight excluding hydrogens is 351 g/mol. The Kier molecular flexibility index (Phi) is 5.58. The smallest absolute Gasteiger partial charge is 0.192 e. The van der Waals surface area contributed by atoms with Gasteiger partial charge in [0, 0.05) is 30.1 Å². The molecule has 0 amide bonds. The fraction of sp³-hybridized carbons (Fsp3) is 0.158. The van der Waals surface area contributed by atoms with E-state index in [1.54, 1.807) is 25.4 Å². The van der Waals surface area contributed by atoms with Crippen LogP contribution in [0, 0.1) is 5.82 Å². The molecule has 0 aliphatic carbocycles. The van der Waals surface area contributed by atoms with Crippen LogP contribution in [0.4, 0.5) is 4.39 Å². The fourth-order valence-electron chi connectivity index (χ4n) is 2.44. The van der Waals surface area contributed by atoms with E-state index in [0.29, 0.717) is 23.1 Å². The average molecular weight is 368 g/mol. The first kappa shape index (κ1) is 18.0. The lowest BCUT2D eigenvalue weighted by atomic mass is 10.1. The molecule has 3 aromatic rings. The van der Waals surface area contributed by atoms with E-state index in [1.165, 1.54) is 36.0 Å². The molecule has 2 heterocycles. The molecule has 1 atom stereocenters. The number of aromatic nitrogens is 4. The zero-order chi connectivity index (χ0) is 18.5. The lowest BCUT2D eigenvalue weighted by molar-refractivity contribution is 0.0994. The van der Waals surface area contributed by atoms with Crippen LogP contribution in [0.1, 0.15) is 17.3 Å². The van der Waals surface area contributed by atoms with Crippen molar-refractivity contribution in [1.82, 2.24) is 19.7 Å². The fourth-order valence-corrected chi connectivity index (χ4v) is 3.37. The zero-order valence-electron chi connectivity index (χ0n) is 14.2. The van der Waals surface area contributed by atoms with Gasteiger partial charge in [-0.1, -0.05) is 17.8 Å². The van der Waals surface area contributed by atoms with Crippen LogP contribution < -0.4 is 0 Å². The van der Waals surface area contributed by atoms with Gasteiger partial charge in [0.05, 0.1) is 5.25 Å². The van der Waals surface area contributed by atoms with Crippen molar-refractivity contribution < 1.29 is 9.18 Å². The van der Waals surface area contributed by atoms with E-state index in [-0.39, 0.29) is 11.6 Å². The third-order valence-corrected chi connectivity index (χ3v) is 4.81. The topological polar surface area (TPSA) is 60.7 Å². The molecule has 0 saturated carbocycles. The summed E-state index contributed by atoms with van der Waals surface area (Å²) >= 11 is 1.31. The van der Waals surface area contributed by atoms with Crippen LogP contribution in [0.25, 0.3) is 11.4 Å². The van der Waals surface area contributed by atoms with E-state index in [9.17, 15) is 9.18 Å². The second-order valence-electron chi connectivity index (χ2n) is 5.58. The summed E-state index contributed by atoms with van der Waals surface area (Å²) in [5.41, 5.74) is 1.31. The van der Waals surface area contributed by atoms with Gasteiger partial charge in [-0.15, -0.1) is 16.8 Å². The molecule has 0 unspecified atom stereocenters. The van der Waals surface area contributed by atoms with Gasteiger partial charge in [-0.2, -0.15) is 0 Å². The number of rotatable bonds is 7. The number of nitrogens with zero attached hydrogens (tertiary/aromatic N) is 4. The average Bonchev–Trinajstić information content (AvgIpc) is 3.05. The van der Waals surface area contributed by atoms with E-state index in [2.05, 4.69) is 21.8 Å². The van der Waals surface area contributed by atoms with Crippen molar-refractivity contribution in [3.05, 3.63) is 72.8 Å². The number of allylic oxidation sites excluding steroid dienone is 1. The number of hydrogen-bond acceptors (Lipinski definition) is 5. The molecule has 2 aromatic heterocycles. The normalized spacial score (nSPS) is 11.9. The minimum Gasteiger partial charge on any atom is -0.298 e. The Labute approximate surface area is 155 Å². The molecule has 3 rings (SSSR count). The van der Waals surface area contributed by atoms with Gasteiger partial charge in [0.1, 0.15) is 5.82 Å². The zero-order valence-corrected chi connectivity index (χ0v) is 15.0. The van der Waals surface area contributed by atoms with Crippen molar-refractivity contribution in [2.75, 3.05) is 0 Å². The van der Waals surface area contributed by atoms with Crippen molar-refractivity contribution >= 4 is 17.5 Å². The molecule has 0 saturated heterocycles. The Morgan fingerprint density at radius 2 is 2.08 bits per heavy atom. The monoisotopic (exact) mass is 368 g/mol. The summed E-state index contributed by atoms with van der Waals surface area (Å²) in [5, 5.41) is 8.70. The number of benzene rings is 1. The van der Waals surface area contributed by atoms with Crippen molar-refractivity contribution in [2.45, 2.75) is 23.9 Å². The number of carbonyl (C=O) groups excluding carboxylic acids is 1. The molecule has 5 nitrogen and oxygen atoms in total. The lowest BCUT2D eigenvalue weighted by Crippen LogP contribution is -2.15. The lowest BCUT2D eigenvalue weighted by Gasteiger charge is -2.12. The summed E-state index contributed by atoms with van der Waals surface area (Å²) in [6.07, 6.45) is 5.15. The highest BCUT2D eigenvalue weighted by Gasteiger charge is 2.21. The number of thioether (sulfide) groups is 1. The van der Waals surface area contributed by atoms with Gasteiger partial charge < -0.3 is 0 Å². The molecule has 0 fully saturated rings. The third-order valence-electron chi connectivity index (χ3n) is 3.73. The second-order valence-corrected chi connectivity index (χ2v) is 6.89. The van der Waals surface area contributed by atoms with Gasteiger partial charge in [-0.25, -0.2) is 4.39 Å². The summed E-state index contributed by atoms with van der Waals surface area (Å²) in [5.74, 6) is 0.210. The highest BCUT2D eigenvalue weighted by atomic mass is 32.2. The van der Waals surface area contributed by atoms with E-state index in [4.69, 9.17) is 0 Å². The van der Waals surface area contributed by atoms with Crippen LogP contribution >= 0.6 is 11.8 Å². The Bertz CT molecular complexity index is 909. The van der Waals surface area contributed by atoms with Crippen molar-refractivity contribution in [1.29, 1.82) is 0 Å². The standard InChI is InChI=1S/C19H17FN4OS/c1-3-11-24-18(15-5-4-10-21-12-15)22-23-19(24)26-13(2)17(25)14-6-8-16(20)9-7-14/h3-10,12-13H,1,11H2,2H3/t13-/m0/s1. The van der Waals surface area contributed by atoms with Gasteiger partial charge in [0.25, 0.3) is 0 Å². The number of Topliss-reactive ketones (excluding diaryl/α,β-unsaturated/α-hetero) is 1. The van der Waals surface area contributed by atoms with Crippen LogP contribution in [-0.4, -0.2) is 30.8 Å². The van der Waals surface area contributed by atoms with Gasteiger partial charge in [0.2, 0.25) is 0 Å². The van der Waals surface area contributed by atoms with Crippen LogP contribution in [0.2, 0.25) is 0 Å². The summed E-state index contributed by atoms with van der Waals surface area (Å²) in [6, 6.07) is 9.28. The SMILES string of the molecule is C=CCn1c(S[C@@H](C)C(=O)c2ccc(F)cc2)nnc1-c1cccnc1. The van der Waals surface area contributed by atoms with Gasteiger partial charge >= 0.3 is 0 Å². The first-order valence-corrected chi connectivity index (χ1v) is 8.89. The van der Waals surface area contributed by atoms with Crippen LogP contribution in [0.15, 0.2) is 66.6 Å². The molecule has 1 aromatic carbocycles. The minimum atomic E-state index is -0.394. The summed E-state index contributed by atoms with van der Waals surface area (Å²) in [6.45, 7) is 6.09. The first-order valence-electron chi connectivity index (χ1n) is 8.01. The maximum absolute atomic E-state index is 13.0. The molecule has 26 heavy (non-hydrogen) atoms. The summed E-state index contributed by atoms with van der Waals surface area (Å²) in [4.78, 5) is 16.7. The van der Waals surface area contributed by atoms with E-state index in [0.717, 1.165) is 5.56 Å². The summed E-state index contributed by atoms with van der Waals surface area (Å²) < 4.78 is 14.9. The predicted molar refractivity (Wildman–Crippen MR) is 99.5 cm³/mol. The maximum atomic E-state index is 13.0. The quantitative estimate of drug-likeness (QED) is 0.358. The number of ketones is 1. The van der Waals surface area contributed by atoms with E-state index < -0.39 is 5.25 Å². The van der Waals surface area contributed by atoms with Crippen LogP contribution in [0.5, 0.6) is 0 Å². The predicted octanol–water partition coefficient (Wildman–Crippen LogP) is 4.03. The van der Waals surface area contributed by atoms with Gasteiger partial charge in [0.15, 0.2) is 16.8 Å². The van der Waals surface area contributed by atoms with Crippen molar-refractivity contribution in [3.8, 4) is 11.4 Å². The van der Waals surface area contributed by atoms with E-state index in [1.807, 2.05) is 16.7 Å². The molecule has 0 aliphatic rings. The van der Waals surface area contributed by atoms with Crippen LogP contribution in [-0.2, 0) is 6.54 Å². The van der Waals surface area contributed by atoms with Crippen molar-refractivity contribution in [3.63, 3.8) is 0 Å². The van der Waals surface area contributed by atoms with Crippen LogP contribution in [0.3, 0.4) is 0 Å². The molecule has 0 bridgehead atoms. The van der Waals surface area contributed by atoms with E-state index >= 15 is 0 Å². The maximum Gasteiger partial charge on any atom is 0.192 e. The third kappa shape index (κ3) is 3.88. The molecular formula is C19H17FN4OS. The molecule has 0 spiro atoms. The summed E-state index contributed by atoms with van der Waals surface area (Å²) in [7, 11) is 0. The second kappa shape index (κ2) is 8.05. The van der Waals surface area contributed by atoms with Crippen molar-refractivity contribution in [2.24, 2.45) is 0 Å². The largest absolute Gasteiger partial charge is 0.298 e. The molecule has 0 N–H and O–H groups in total. The molecule has 0 aliphatic heterocycles. The number of pyridine rings is 1. The molecule has 132 valence electrons. The number of hydrogen-bond donors (Lipinski definition) is 0. The molecule has 7 heteroatoms. The first-order chi connectivity index (χ1) is 12.6. The Balaban J connectivity index is 1.85. The Morgan fingerprint density at radius 1 is 1.31 bits per heavy atom. The minimum absolute atomic E-state index is 0.0916. The highest BCUT2D eigenvalue weighted by molar-refractivity contribution is 8.00. The number of carbonyl (C=O) groups is 1. The number of halogens is 1. The Morgan fingerprint density at radius 3 is 2.73 bits per heavy atom. The van der Waals surface area contributed by atoms with Gasteiger partial charge in [-0.05, 0) is 43.3 Å². The Hall–Kier alpha value is -2.80. The highest BCUT2D eigenvalue weighted by Crippen LogP contribution is 2.28. The van der Waals surface area contributed by atoms with Gasteiger partial charge in [-0.3, -0.25) is 14.3 Å². The molecule has 0 radical (unpaired) electrons.